The van der Waals surface area contributed by atoms with Crippen LogP contribution in [0.25, 0.3) is 32.2 Å². The molecule has 0 unspecified atom stereocenters. The number of ether oxygens (including phenoxy) is 1. The monoisotopic (exact) mass is 574 g/mol. The Morgan fingerprint density at radius 2 is 1.56 bits per heavy atom. The molecule has 7 aromatic rings. The molecule has 7 rings (SSSR count). The third-order valence-electron chi connectivity index (χ3n) is 6.05. The molecule has 1 N–H and O–H groups in total. The lowest BCUT2D eigenvalue weighted by Gasteiger charge is -2.12. The number of nitrogens with one attached hydrogen (secondary N) is 1. The highest BCUT2D eigenvalue weighted by Gasteiger charge is 2.11. The van der Waals surface area contributed by atoms with E-state index in [1.807, 2.05) is 84.2 Å². The minimum atomic E-state index is 0.502. The number of halogens is 2. The molecule has 2 aromatic carbocycles. The summed E-state index contributed by atoms with van der Waals surface area (Å²) in [5.74, 6) is 2.03. The number of aryl methyl sites for hydroxylation is 2. The fraction of sp³-hybridized carbons (Fsp3) is 0.0741. The Hall–Kier alpha value is -4.25. The fourth-order valence-electron chi connectivity index (χ4n) is 4.16. The van der Waals surface area contributed by atoms with Crippen LogP contribution in [0.1, 0.15) is 0 Å². The minimum absolute atomic E-state index is 0.502. The summed E-state index contributed by atoms with van der Waals surface area (Å²) in [6.45, 7) is 0. The van der Waals surface area contributed by atoms with Gasteiger partial charge in [-0.25, -0.2) is 19.9 Å². The van der Waals surface area contributed by atoms with Gasteiger partial charge in [-0.2, -0.15) is 4.37 Å². The maximum absolute atomic E-state index is 6.48. The number of aromatic nitrogens is 7. The lowest BCUT2D eigenvalue weighted by molar-refractivity contribution is 0.489. The highest BCUT2D eigenvalue weighted by molar-refractivity contribution is 7.13. The number of fused-ring (bicyclic) bond motifs is 3. The highest BCUT2D eigenvalue weighted by Crippen LogP contribution is 2.36. The van der Waals surface area contributed by atoms with Crippen molar-refractivity contribution in [3.63, 3.8) is 0 Å². The van der Waals surface area contributed by atoms with E-state index in [1.165, 1.54) is 17.9 Å². The van der Waals surface area contributed by atoms with Gasteiger partial charge in [-0.1, -0.05) is 29.3 Å². The number of hydrogen-bond acceptors (Lipinski definition) is 8. The zero-order valence-corrected chi connectivity index (χ0v) is 23.0. The van der Waals surface area contributed by atoms with Crippen LogP contribution in [0.5, 0.6) is 11.5 Å². The molecule has 5 aromatic heterocycles. The second-order valence-corrected chi connectivity index (χ2v) is 10.2. The summed E-state index contributed by atoms with van der Waals surface area (Å²) < 4.78 is 15.2. The van der Waals surface area contributed by atoms with Crippen LogP contribution in [-0.4, -0.2) is 33.4 Å². The van der Waals surface area contributed by atoms with Crippen molar-refractivity contribution in [3.05, 3.63) is 90.0 Å². The molecule has 39 heavy (non-hydrogen) atoms. The molecule has 0 radical (unpaired) electrons. The van der Waals surface area contributed by atoms with Crippen LogP contribution in [0, 0.1) is 0 Å². The van der Waals surface area contributed by atoms with Crippen LogP contribution in [0.3, 0.4) is 0 Å². The van der Waals surface area contributed by atoms with Crippen LogP contribution in [-0.2, 0) is 14.1 Å². The van der Waals surface area contributed by atoms with E-state index in [4.69, 9.17) is 27.9 Å². The van der Waals surface area contributed by atoms with Crippen molar-refractivity contribution >= 4 is 78.4 Å². The van der Waals surface area contributed by atoms with E-state index < -0.39 is 0 Å². The predicted octanol–water partition coefficient (Wildman–Crippen LogP) is 7.39. The van der Waals surface area contributed by atoms with Crippen molar-refractivity contribution < 1.29 is 4.74 Å². The van der Waals surface area contributed by atoms with Gasteiger partial charge < -0.3 is 19.2 Å². The maximum atomic E-state index is 6.48. The normalized spacial score (nSPS) is 11.1. The first kappa shape index (κ1) is 25.1. The molecule has 0 fully saturated rings. The number of rotatable bonds is 4. The second-order valence-electron chi connectivity index (χ2n) is 8.57. The van der Waals surface area contributed by atoms with E-state index in [-0.39, 0.29) is 0 Å². The molecule has 9 nitrogen and oxygen atoms in total. The molecular weight excluding hydrogens is 555 g/mol. The van der Waals surface area contributed by atoms with Crippen LogP contribution in [0.4, 0.5) is 11.5 Å². The van der Waals surface area contributed by atoms with Crippen molar-refractivity contribution in [1.29, 1.82) is 0 Å². The largest absolute Gasteiger partial charge is 0.455 e. The van der Waals surface area contributed by atoms with Gasteiger partial charge >= 0.3 is 0 Å². The first-order chi connectivity index (χ1) is 19.0. The molecule has 0 saturated carbocycles. The smallest absolute Gasteiger partial charge is 0.158 e. The van der Waals surface area contributed by atoms with Crippen LogP contribution in [0.15, 0.2) is 79.8 Å². The molecular formula is C27H20Cl2N8OS. The number of anilines is 2. The average molecular weight is 575 g/mol. The summed E-state index contributed by atoms with van der Waals surface area (Å²) in [6.07, 6.45) is 8.67. The minimum Gasteiger partial charge on any atom is -0.455 e. The molecule has 5 heterocycles. The van der Waals surface area contributed by atoms with Gasteiger partial charge in [0.15, 0.2) is 11.0 Å². The van der Waals surface area contributed by atoms with Crippen molar-refractivity contribution in [1.82, 2.24) is 33.4 Å². The first-order valence-corrected chi connectivity index (χ1v) is 13.3. The SMILES string of the molecule is Cn1ccc2ncnc(Cl)c21.Cn1ccc2ncnc(Nc3ccc(Oc4cccc5sncc45)c(Cl)c3)c21. The summed E-state index contributed by atoms with van der Waals surface area (Å²) in [5, 5.41) is 5.29. The van der Waals surface area contributed by atoms with Gasteiger partial charge in [0.05, 0.1) is 32.3 Å². The Bertz CT molecular complexity index is 1950. The second kappa shape index (κ2) is 10.5. The molecule has 0 atom stereocenters. The van der Waals surface area contributed by atoms with Gasteiger partial charge in [0.2, 0.25) is 0 Å². The van der Waals surface area contributed by atoms with Gasteiger partial charge in [-0.3, -0.25) is 0 Å². The fourth-order valence-corrected chi connectivity index (χ4v) is 5.31. The van der Waals surface area contributed by atoms with Crippen molar-refractivity contribution in [2.45, 2.75) is 0 Å². The number of hydrogen-bond donors (Lipinski definition) is 1. The summed E-state index contributed by atoms with van der Waals surface area (Å²) in [5.41, 5.74) is 4.38. The molecule has 0 amide bonds. The van der Waals surface area contributed by atoms with Crippen LogP contribution >= 0.6 is 34.7 Å². The quantitative estimate of drug-likeness (QED) is 0.219. The maximum Gasteiger partial charge on any atom is 0.158 e. The van der Waals surface area contributed by atoms with E-state index in [2.05, 4.69) is 29.6 Å². The standard InChI is InChI=1S/C20H14ClN5OS.C7H6ClN3/c1-26-8-7-15-19(26)20(23-11-22-15)25-12-5-6-17(14(21)9-12)27-16-3-2-4-18-13(16)10-24-28-18;1-11-3-2-5-6(11)7(8)10-4-9-5/h2-11H,1H3,(H,22,23,25);2-4H,1H3. The lowest BCUT2D eigenvalue weighted by atomic mass is 10.2. The van der Waals surface area contributed by atoms with Gasteiger partial charge in [0.1, 0.15) is 35.2 Å². The van der Waals surface area contributed by atoms with E-state index in [0.717, 1.165) is 49.4 Å². The predicted molar refractivity (Wildman–Crippen MR) is 156 cm³/mol. The molecule has 0 aliphatic heterocycles. The summed E-state index contributed by atoms with van der Waals surface area (Å²) >= 11 is 13.8. The zero-order valence-electron chi connectivity index (χ0n) is 20.7. The summed E-state index contributed by atoms with van der Waals surface area (Å²) in [7, 11) is 3.87. The number of benzene rings is 2. The summed E-state index contributed by atoms with van der Waals surface area (Å²) in [4.78, 5) is 16.6. The van der Waals surface area contributed by atoms with Crippen LogP contribution < -0.4 is 10.1 Å². The van der Waals surface area contributed by atoms with Crippen molar-refractivity contribution in [2.24, 2.45) is 14.1 Å². The third-order valence-corrected chi connectivity index (χ3v) is 7.38. The molecule has 0 bridgehead atoms. The molecule has 12 heteroatoms. The molecule has 0 saturated heterocycles. The molecule has 194 valence electrons. The lowest BCUT2D eigenvalue weighted by Crippen LogP contribution is -1.98. The molecule has 0 spiro atoms. The van der Waals surface area contributed by atoms with Gasteiger partial charge in [0.25, 0.3) is 0 Å². The van der Waals surface area contributed by atoms with Crippen molar-refractivity contribution in [2.75, 3.05) is 5.32 Å². The number of nitrogens with zero attached hydrogens (tertiary/aromatic N) is 7. The Balaban J connectivity index is 0.000000210. The Morgan fingerprint density at radius 3 is 2.33 bits per heavy atom. The third kappa shape index (κ3) is 4.97. The van der Waals surface area contributed by atoms with Crippen LogP contribution in [0.2, 0.25) is 10.2 Å². The Kier molecular flexibility index (Phi) is 6.74. The topological polar surface area (TPSA) is 95.6 Å². The van der Waals surface area contributed by atoms with E-state index in [1.54, 1.807) is 12.5 Å². The van der Waals surface area contributed by atoms with E-state index in [0.29, 0.717) is 15.9 Å². The first-order valence-electron chi connectivity index (χ1n) is 11.7. The van der Waals surface area contributed by atoms with Gasteiger partial charge in [-0.05, 0) is 54.0 Å². The highest BCUT2D eigenvalue weighted by atomic mass is 35.5. The molecule has 0 aliphatic rings. The Morgan fingerprint density at radius 1 is 0.821 bits per heavy atom. The van der Waals surface area contributed by atoms with Crippen molar-refractivity contribution in [3.8, 4) is 11.5 Å². The summed E-state index contributed by atoms with van der Waals surface area (Å²) in [6, 6.07) is 15.3. The zero-order chi connectivity index (χ0) is 26.9. The Labute approximate surface area is 236 Å². The van der Waals surface area contributed by atoms with Gasteiger partial charge in [-0.15, -0.1) is 0 Å². The van der Waals surface area contributed by atoms with E-state index >= 15 is 0 Å². The molecule has 0 aliphatic carbocycles. The van der Waals surface area contributed by atoms with Gasteiger partial charge in [0, 0.05) is 32.2 Å². The van der Waals surface area contributed by atoms with E-state index in [9.17, 15) is 0 Å². The average Bonchev–Trinajstić information content (AvgIpc) is 3.66.